The number of carbonyl (C=O) groups excluding carboxylic acids is 1. The van der Waals surface area contributed by atoms with Crippen LogP contribution < -0.4 is 0 Å². The molecule has 2 heterocycles. The highest BCUT2D eigenvalue weighted by Crippen LogP contribution is 2.22. The van der Waals surface area contributed by atoms with Gasteiger partial charge in [-0.2, -0.15) is 0 Å². The number of aryl methyl sites for hydroxylation is 1. The Hall–Kier alpha value is -1.45. The van der Waals surface area contributed by atoms with Gasteiger partial charge >= 0.3 is 6.09 Å². The van der Waals surface area contributed by atoms with Crippen molar-refractivity contribution in [1.29, 1.82) is 0 Å². The average Bonchev–Trinajstić information content (AvgIpc) is 3.10. The molecule has 0 radical (unpaired) electrons. The lowest BCUT2D eigenvalue weighted by molar-refractivity contribution is 0.0950. The van der Waals surface area contributed by atoms with Crippen LogP contribution in [0.25, 0.3) is 0 Å². The molecule has 1 aliphatic rings. The fraction of sp³-hybridized carbons (Fsp3) is 0.688. The Kier molecular flexibility index (Phi) is 5.96. The normalized spacial score (nSPS) is 18.4. The molecular formula is C16H26N2O2. The van der Waals surface area contributed by atoms with Crippen molar-refractivity contribution < 1.29 is 9.53 Å². The number of hydrogen-bond donors (Lipinski definition) is 0. The third kappa shape index (κ3) is 4.29. The van der Waals surface area contributed by atoms with Gasteiger partial charge in [0, 0.05) is 31.5 Å². The number of likely N-dealkylation sites (tertiary alicyclic amines) is 1. The molecule has 1 aliphatic heterocycles. The minimum absolute atomic E-state index is 0.109. The molecule has 1 amide bonds. The van der Waals surface area contributed by atoms with Crippen molar-refractivity contribution in [3.63, 3.8) is 0 Å². The molecule has 0 bridgehead atoms. The van der Waals surface area contributed by atoms with Crippen molar-refractivity contribution in [3.05, 3.63) is 24.5 Å². The van der Waals surface area contributed by atoms with Crippen LogP contribution in [0, 0.1) is 0 Å². The summed E-state index contributed by atoms with van der Waals surface area (Å²) in [5.41, 5.74) is 0. The van der Waals surface area contributed by atoms with Crippen molar-refractivity contribution in [2.75, 3.05) is 13.2 Å². The van der Waals surface area contributed by atoms with Gasteiger partial charge in [0.1, 0.15) is 0 Å². The molecule has 4 heteroatoms. The molecule has 0 saturated carbocycles. The lowest BCUT2D eigenvalue weighted by Gasteiger charge is -2.24. The van der Waals surface area contributed by atoms with Gasteiger partial charge in [0.2, 0.25) is 0 Å². The number of carbonyl (C=O) groups is 1. The maximum absolute atomic E-state index is 12.0. The van der Waals surface area contributed by atoms with E-state index in [1.54, 1.807) is 0 Å². The SMILES string of the molecule is CCCCOC(=O)N1CCCC1CCCn1cccc1. The quantitative estimate of drug-likeness (QED) is 0.713. The van der Waals surface area contributed by atoms with Gasteiger partial charge < -0.3 is 14.2 Å². The second-order valence-electron chi connectivity index (χ2n) is 5.52. The van der Waals surface area contributed by atoms with Crippen LogP contribution in [0.1, 0.15) is 45.4 Å². The molecule has 4 nitrogen and oxygen atoms in total. The molecule has 1 saturated heterocycles. The van der Waals surface area contributed by atoms with Gasteiger partial charge in [-0.1, -0.05) is 13.3 Å². The third-order valence-corrected chi connectivity index (χ3v) is 3.95. The smallest absolute Gasteiger partial charge is 0.410 e. The predicted molar refractivity (Wildman–Crippen MR) is 79.7 cm³/mol. The largest absolute Gasteiger partial charge is 0.449 e. The van der Waals surface area contributed by atoms with E-state index in [0.29, 0.717) is 12.6 Å². The molecule has 20 heavy (non-hydrogen) atoms. The number of aromatic nitrogens is 1. The summed E-state index contributed by atoms with van der Waals surface area (Å²) >= 11 is 0. The van der Waals surface area contributed by atoms with E-state index in [2.05, 4.69) is 23.9 Å². The predicted octanol–water partition coefficient (Wildman–Crippen LogP) is 3.67. The van der Waals surface area contributed by atoms with Crippen molar-refractivity contribution in [2.45, 2.75) is 58.0 Å². The Morgan fingerprint density at radius 2 is 2.10 bits per heavy atom. The topological polar surface area (TPSA) is 34.5 Å². The lowest BCUT2D eigenvalue weighted by Crippen LogP contribution is -2.36. The average molecular weight is 278 g/mol. The van der Waals surface area contributed by atoms with E-state index in [9.17, 15) is 4.79 Å². The monoisotopic (exact) mass is 278 g/mol. The molecule has 1 fully saturated rings. The molecule has 0 spiro atoms. The molecule has 1 aromatic heterocycles. The van der Waals surface area contributed by atoms with E-state index in [0.717, 1.165) is 51.6 Å². The molecule has 2 rings (SSSR count). The molecule has 1 unspecified atom stereocenters. The highest BCUT2D eigenvalue weighted by molar-refractivity contribution is 5.68. The first-order valence-electron chi connectivity index (χ1n) is 7.85. The first-order chi connectivity index (χ1) is 9.81. The van der Waals surface area contributed by atoms with E-state index < -0.39 is 0 Å². The van der Waals surface area contributed by atoms with Crippen LogP contribution in [0.5, 0.6) is 0 Å². The number of hydrogen-bond acceptors (Lipinski definition) is 2. The number of nitrogens with zero attached hydrogens (tertiary/aromatic N) is 2. The van der Waals surface area contributed by atoms with Crippen LogP contribution in [0.3, 0.4) is 0 Å². The van der Waals surface area contributed by atoms with Gasteiger partial charge in [0.05, 0.1) is 6.61 Å². The Morgan fingerprint density at radius 3 is 2.85 bits per heavy atom. The first-order valence-corrected chi connectivity index (χ1v) is 7.85. The highest BCUT2D eigenvalue weighted by atomic mass is 16.6. The van der Waals surface area contributed by atoms with Crippen LogP contribution in [0.15, 0.2) is 24.5 Å². The molecule has 0 aliphatic carbocycles. The summed E-state index contributed by atoms with van der Waals surface area (Å²) in [6.07, 6.45) is 10.5. The van der Waals surface area contributed by atoms with Crippen LogP contribution in [0.4, 0.5) is 4.79 Å². The summed E-state index contributed by atoms with van der Waals surface area (Å²) < 4.78 is 7.52. The van der Waals surface area contributed by atoms with Crippen molar-refractivity contribution in [1.82, 2.24) is 9.47 Å². The lowest BCUT2D eigenvalue weighted by atomic mass is 10.1. The standard InChI is InChI=1S/C16H26N2O2/c1-2-3-14-20-16(19)18-13-7-9-15(18)8-6-12-17-10-4-5-11-17/h4-5,10-11,15H,2-3,6-9,12-14H2,1H3. The Morgan fingerprint density at radius 1 is 1.30 bits per heavy atom. The van der Waals surface area contributed by atoms with Gasteiger partial charge in [-0.05, 0) is 44.2 Å². The molecule has 1 aromatic rings. The second kappa shape index (κ2) is 7.98. The fourth-order valence-electron chi connectivity index (χ4n) is 2.79. The summed E-state index contributed by atoms with van der Waals surface area (Å²) in [5.74, 6) is 0. The number of rotatable bonds is 7. The second-order valence-corrected chi connectivity index (χ2v) is 5.52. The number of unbranched alkanes of at least 4 members (excludes halogenated alkanes) is 1. The summed E-state index contributed by atoms with van der Waals surface area (Å²) in [6, 6.07) is 4.47. The van der Waals surface area contributed by atoms with E-state index in [-0.39, 0.29) is 6.09 Å². The zero-order valence-corrected chi connectivity index (χ0v) is 12.5. The molecular weight excluding hydrogens is 252 g/mol. The van der Waals surface area contributed by atoms with E-state index in [1.807, 2.05) is 17.0 Å². The Labute approximate surface area is 121 Å². The van der Waals surface area contributed by atoms with Crippen molar-refractivity contribution in [2.24, 2.45) is 0 Å². The maximum Gasteiger partial charge on any atom is 0.410 e. The fourth-order valence-corrected chi connectivity index (χ4v) is 2.79. The molecule has 1 atom stereocenters. The van der Waals surface area contributed by atoms with E-state index in [4.69, 9.17) is 4.74 Å². The van der Waals surface area contributed by atoms with Gasteiger partial charge in [-0.15, -0.1) is 0 Å². The van der Waals surface area contributed by atoms with Crippen molar-refractivity contribution in [3.8, 4) is 0 Å². The van der Waals surface area contributed by atoms with Gasteiger partial charge in [0.25, 0.3) is 0 Å². The summed E-state index contributed by atoms with van der Waals surface area (Å²) in [6.45, 7) is 4.55. The Balaban J connectivity index is 1.71. The van der Waals surface area contributed by atoms with Crippen LogP contribution >= 0.6 is 0 Å². The van der Waals surface area contributed by atoms with Crippen molar-refractivity contribution >= 4 is 6.09 Å². The molecule has 0 N–H and O–H groups in total. The molecule has 0 aromatic carbocycles. The van der Waals surface area contributed by atoms with Crippen LogP contribution in [-0.2, 0) is 11.3 Å². The zero-order valence-electron chi connectivity index (χ0n) is 12.5. The first kappa shape index (κ1) is 14.9. The summed E-state index contributed by atoms with van der Waals surface area (Å²) in [5, 5.41) is 0. The third-order valence-electron chi connectivity index (χ3n) is 3.95. The minimum Gasteiger partial charge on any atom is -0.449 e. The maximum atomic E-state index is 12.0. The van der Waals surface area contributed by atoms with Gasteiger partial charge in [-0.3, -0.25) is 0 Å². The zero-order chi connectivity index (χ0) is 14.2. The summed E-state index contributed by atoms with van der Waals surface area (Å²) in [4.78, 5) is 14.0. The van der Waals surface area contributed by atoms with E-state index >= 15 is 0 Å². The summed E-state index contributed by atoms with van der Waals surface area (Å²) in [7, 11) is 0. The Bertz CT molecular complexity index is 389. The van der Waals surface area contributed by atoms with Crippen LogP contribution in [0.2, 0.25) is 0 Å². The highest BCUT2D eigenvalue weighted by Gasteiger charge is 2.29. The minimum atomic E-state index is -0.109. The number of ether oxygens (including phenoxy) is 1. The van der Waals surface area contributed by atoms with Gasteiger partial charge in [-0.25, -0.2) is 4.79 Å². The molecule has 112 valence electrons. The van der Waals surface area contributed by atoms with Crippen LogP contribution in [-0.4, -0.2) is 34.8 Å². The van der Waals surface area contributed by atoms with Gasteiger partial charge in [0.15, 0.2) is 0 Å². The number of amides is 1. The van der Waals surface area contributed by atoms with E-state index in [1.165, 1.54) is 0 Å².